The van der Waals surface area contributed by atoms with Crippen LogP contribution in [0.4, 0.5) is 11.5 Å². The lowest BCUT2D eigenvalue weighted by Gasteiger charge is -2.30. The van der Waals surface area contributed by atoms with Gasteiger partial charge in [0.15, 0.2) is 0 Å². The van der Waals surface area contributed by atoms with Gasteiger partial charge in [-0.25, -0.2) is 13.4 Å². The maximum atomic E-state index is 13.3. The fourth-order valence-corrected chi connectivity index (χ4v) is 6.19. The predicted molar refractivity (Wildman–Crippen MR) is 127 cm³/mol. The summed E-state index contributed by atoms with van der Waals surface area (Å²) in [5, 5.41) is 2.81. The molecule has 0 spiro atoms. The molecule has 2 aromatic rings. The summed E-state index contributed by atoms with van der Waals surface area (Å²) in [6.07, 6.45) is 5.86. The van der Waals surface area contributed by atoms with Gasteiger partial charge in [0, 0.05) is 31.7 Å². The molecule has 8 heteroatoms. The Morgan fingerprint density at radius 1 is 1.06 bits per heavy atom. The first kappa shape index (κ1) is 22.7. The number of carbonyl (C=O) groups excluding carboxylic acids is 1. The third-order valence-corrected chi connectivity index (χ3v) is 8.73. The normalized spacial score (nSPS) is 18.2. The Balaban J connectivity index is 1.54. The molecule has 0 aliphatic carbocycles. The monoisotopic (exact) mass is 456 g/mol. The second-order valence-electron chi connectivity index (χ2n) is 9.05. The standard InChI is InChI=1S/C24H32N4O3S/c1-17-8-12-28(13-9-17)32(30,31)22-15-20(14-18(2)19(22)3)24(29)26-23-7-6-21(16-25-23)27-10-4-5-11-27/h6-7,14-17H,4-5,8-13H2,1-3H3,(H,25,26,29). The fourth-order valence-electron chi connectivity index (χ4n) is 4.40. The highest BCUT2D eigenvalue weighted by atomic mass is 32.2. The van der Waals surface area contributed by atoms with Crippen LogP contribution in [-0.2, 0) is 10.0 Å². The molecule has 0 radical (unpaired) electrons. The Bertz CT molecular complexity index is 1080. The van der Waals surface area contributed by atoms with Crippen molar-refractivity contribution >= 4 is 27.4 Å². The summed E-state index contributed by atoms with van der Waals surface area (Å²) >= 11 is 0. The number of aromatic nitrogens is 1. The fraction of sp³-hybridized carbons (Fsp3) is 0.500. The Morgan fingerprint density at radius 2 is 1.75 bits per heavy atom. The molecule has 2 fully saturated rings. The van der Waals surface area contributed by atoms with Crippen LogP contribution in [0.15, 0.2) is 35.4 Å². The van der Waals surface area contributed by atoms with E-state index in [1.807, 2.05) is 13.0 Å². The van der Waals surface area contributed by atoms with E-state index in [-0.39, 0.29) is 10.8 Å². The van der Waals surface area contributed by atoms with Crippen LogP contribution in [0.25, 0.3) is 0 Å². The lowest BCUT2D eigenvalue weighted by atomic mass is 10.0. The van der Waals surface area contributed by atoms with Crippen molar-refractivity contribution in [2.75, 3.05) is 36.4 Å². The van der Waals surface area contributed by atoms with Crippen LogP contribution in [0.1, 0.15) is 54.1 Å². The van der Waals surface area contributed by atoms with Gasteiger partial charge in [0.2, 0.25) is 10.0 Å². The molecule has 0 atom stereocenters. The molecule has 172 valence electrons. The largest absolute Gasteiger partial charge is 0.370 e. The van der Waals surface area contributed by atoms with Gasteiger partial charge < -0.3 is 10.2 Å². The maximum Gasteiger partial charge on any atom is 0.256 e. The van der Waals surface area contributed by atoms with E-state index in [9.17, 15) is 13.2 Å². The van der Waals surface area contributed by atoms with E-state index in [4.69, 9.17) is 0 Å². The Hall–Kier alpha value is -2.45. The number of pyridine rings is 1. The molecule has 2 aliphatic rings. The van der Waals surface area contributed by atoms with Crippen molar-refractivity contribution in [3.05, 3.63) is 47.2 Å². The number of benzene rings is 1. The van der Waals surface area contributed by atoms with Crippen LogP contribution >= 0.6 is 0 Å². The van der Waals surface area contributed by atoms with Crippen molar-refractivity contribution in [3.63, 3.8) is 0 Å². The van der Waals surface area contributed by atoms with Crippen molar-refractivity contribution in [2.45, 2.75) is 51.3 Å². The number of nitrogens with one attached hydrogen (secondary N) is 1. The van der Waals surface area contributed by atoms with Crippen molar-refractivity contribution in [1.82, 2.24) is 9.29 Å². The number of rotatable bonds is 5. The average Bonchev–Trinajstić information content (AvgIpc) is 3.31. The summed E-state index contributed by atoms with van der Waals surface area (Å²) < 4.78 is 28.2. The molecule has 1 N–H and O–H groups in total. The van der Waals surface area contributed by atoms with Gasteiger partial charge >= 0.3 is 0 Å². The van der Waals surface area contributed by atoms with E-state index in [2.05, 4.69) is 22.1 Å². The molecule has 0 bridgehead atoms. The van der Waals surface area contributed by atoms with Crippen LogP contribution < -0.4 is 10.2 Å². The molecule has 32 heavy (non-hydrogen) atoms. The van der Waals surface area contributed by atoms with Gasteiger partial charge in [0.25, 0.3) is 5.91 Å². The quantitative estimate of drug-likeness (QED) is 0.736. The zero-order chi connectivity index (χ0) is 22.9. The molecule has 0 saturated carbocycles. The van der Waals surface area contributed by atoms with Crippen LogP contribution in [0.2, 0.25) is 0 Å². The topological polar surface area (TPSA) is 82.6 Å². The highest BCUT2D eigenvalue weighted by molar-refractivity contribution is 7.89. The minimum atomic E-state index is -3.65. The lowest BCUT2D eigenvalue weighted by Crippen LogP contribution is -2.38. The van der Waals surface area contributed by atoms with Crippen molar-refractivity contribution in [3.8, 4) is 0 Å². The van der Waals surface area contributed by atoms with E-state index in [0.29, 0.717) is 36.0 Å². The van der Waals surface area contributed by atoms with Gasteiger partial charge in [-0.05, 0) is 80.8 Å². The zero-order valence-corrected chi connectivity index (χ0v) is 19.9. The molecule has 2 aliphatic heterocycles. The Morgan fingerprint density at radius 3 is 2.38 bits per heavy atom. The third-order valence-electron chi connectivity index (χ3n) is 6.70. The van der Waals surface area contributed by atoms with Gasteiger partial charge in [0.05, 0.1) is 16.8 Å². The van der Waals surface area contributed by atoms with Gasteiger partial charge in [0.1, 0.15) is 5.82 Å². The number of aryl methyl sites for hydroxylation is 1. The maximum absolute atomic E-state index is 13.3. The number of piperidine rings is 1. The first-order valence-electron chi connectivity index (χ1n) is 11.4. The molecule has 3 heterocycles. The number of nitrogens with zero attached hydrogens (tertiary/aromatic N) is 3. The van der Waals surface area contributed by atoms with Crippen molar-refractivity contribution in [1.29, 1.82) is 0 Å². The lowest BCUT2D eigenvalue weighted by molar-refractivity contribution is 0.102. The molecule has 1 amide bonds. The van der Waals surface area contributed by atoms with Crippen LogP contribution in [0.5, 0.6) is 0 Å². The molecular formula is C24H32N4O3S. The number of hydrogen-bond acceptors (Lipinski definition) is 5. The first-order chi connectivity index (χ1) is 15.3. The smallest absolute Gasteiger partial charge is 0.256 e. The highest BCUT2D eigenvalue weighted by Gasteiger charge is 2.30. The zero-order valence-electron chi connectivity index (χ0n) is 19.1. The van der Waals surface area contributed by atoms with Crippen LogP contribution in [-0.4, -0.2) is 49.8 Å². The predicted octanol–water partition coefficient (Wildman–Crippen LogP) is 3.97. The average molecular weight is 457 g/mol. The van der Waals surface area contributed by atoms with Crippen molar-refractivity contribution in [2.24, 2.45) is 5.92 Å². The summed E-state index contributed by atoms with van der Waals surface area (Å²) in [7, 11) is -3.65. The van der Waals surface area contributed by atoms with E-state index in [0.717, 1.165) is 37.2 Å². The van der Waals surface area contributed by atoms with Crippen molar-refractivity contribution < 1.29 is 13.2 Å². The second kappa shape index (κ2) is 9.19. The van der Waals surface area contributed by atoms with Crippen LogP contribution in [0, 0.1) is 19.8 Å². The molecule has 4 rings (SSSR count). The summed E-state index contributed by atoms with van der Waals surface area (Å²) in [4.78, 5) is 19.8. The molecule has 7 nitrogen and oxygen atoms in total. The molecule has 2 saturated heterocycles. The summed E-state index contributed by atoms with van der Waals surface area (Å²) in [5.74, 6) is 0.620. The minimum absolute atomic E-state index is 0.217. The SMILES string of the molecule is Cc1cc(C(=O)Nc2ccc(N3CCCC3)cn2)cc(S(=O)(=O)N2CCC(C)CC2)c1C. The summed E-state index contributed by atoms with van der Waals surface area (Å²) in [5.41, 5.74) is 2.84. The second-order valence-corrected chi connectivity index (χ2v) is 11.0. The number of anilines is 2. The molecule has 1 aromatic heterocycles. The van der Waals surface area contributed by atoms with E-state index >= 15 is 0 Å². The molecule has 1 aromatic carbocycles. The van der Waals surface area contributed by atoms with Gasteiger partial charge in [-0.3, -0.25) is 4.79 Å². The van der Waals surface area contributed by atoms with E-state index in [1.165, 1.54) is 18.9 Å². The summed E-state index contributed by atoms with van der Waals surface area (Å²) in [6, 6.07) is 6.99. The minimum Gasteiger partial charge on any atom is -0.370 e. The first-order valence-corrected chi connectivity index (χ1v) is 12.8. The van der Waals surface area contributed by atoms with Gasteiger partial charge in [-0.15, -0.1) is 0 Å². The van der Waals surface area contributed by atoms with Gasteiger partial charge in [-0.2, -0.15) is 4.31 Å². The number of carbonyl (C=O) groups is 1. The van der Waals surface area contributed by atoms with E-state index < -0.39 is 10.0 Å². The number of sulfonamides is 1. The highest BCUT2D eigenvalue weighted by Crippen LogP contribution is 2.28. The van der Waals surface area contributed by atoms with E-state index in [1.54, 1.807) is 29.6 Å². The van der Waals surface area contributed by atoms with Crippen LogP contribution in [0.3, 0.4) is 0 Å². The van der Waals surface area contributed by atoms with Gasteiger partial charge in [-0.1, -0.05) is 6.92 Å². The number of hydrogen-bond donors (Lipinski definition) is 1. The molecule has 0 unspecified atom stereocenters. The number of amides is 1. The Labute approximate surface area is 190 Å². The third kappa shape index (κ3) is 4.66. The summed E-state index contributed by atoms with van der Waals surface area (Å²) in [6.45, 7) is 8.89. The Kier molecular flexibility index (Phi) is 6.53. The molecular weight excluding hydrogens is 424 g/mol.